The summed E-state index contributed by atoms with van der Waals surface area (Å²) in [7, 11) is 0. The number of amides is 1. The third-order valence-corrected chi connectivity index (χ3v) is 5.07. The Labute approximate surface area is 171 Å². The minimum Gasteiger partial charge on any atom is -0.485 e. The Morgan fingerprint density at radius 1 is 1.14 bits per heavy atom. The fourth-order valence-corrected chi connectivity index (χ4v) is 3.71. The fourth-order valence-electron chi connectivity index (χ4n) is 2.84. The third-order valence-electron chi connectivity index (χ3n) is 4.19. The molecule has 0 bridgehead atoms. The van der Waals surface area contributed by atoms with E-state index in [1.165, 1.54) is 23.2 Å². The Balaban J connectivity index is 1.39. The van der Waals surface area contributed by atoms with Crippen LogP contribution in [-0.2, 0) is 20.9 Å². The molecule has 7 nitrogen and oxygen atoms in total. The van der Waals surface area contributed by atoms with Crippen molar-refractivity contribution in [3.05, 3.63) is 65.7 Å². The molecule has 1 aromatic heterocycles. The van der Waals surface area contributed by atoms with E-state index in [9.17, 15) is 9.59 Å². The molecule has 3 aromatic rings. The zero-order valence-corrected chi connectivity index (χ0v) is 16.4. The monoisotopic (exact) mass is 410 g/mol. The Bertz CT molecular complexity index is 1020. The van der Waals surface area contributed by atoms with Gasteiger partial charge < -0.3 is 14.2 Å². The summed E-state index contributed by atoms with van der Waals surface area (Å²) in [5.41, 5.74) is 1.28. The van der Waals surface area contributed by atoms with Crippen molar-refractivity contribution in [1.82, 2.24) is 4.98 Å². The Morgan fingerprint density at radius 3 is 2.62 bits per heavy atom. The predicted molar refractivity (Wildman–Crippen MR) is 108 cm³/mol. The van der Waals surface area contributed by atoms with E-state index >= 15 is 0 Å². The van der Waals surface area contributed by atoms with Crippen LogP contribution >= 0.6 is 11.3 Å². The lowest BCUT2D eigenvalue weighted by molar-refractivity contribution is -0.156. The van der Waals surface area contributed by atoms with E-state index in [4.69, 9.17) is 14.2 Å². The lowest BCUT2D eigenvalue weighted by Crippen LogP contribution is -2.37. The summed E-state index contributed by atoms with van der Waals surface area (Å²) in [6.45, 7) is 1.55. The van der Waals surface area contributed by atoms with Gasteiger partial charge in [-0.3, -0.25) is 9.69 Å². The van der Waals surface area contributed by atoms with Crippen LogP contribution in [0.25, 0.3) is 0 Å². The Morgan fingerprint density at radius 2 is 1.86 bits per heavy atom. The van der Waals surface area contributed by atoms with Gasteiger partial charge in [-0.05, 0) is 24.3 Å². The van der Waals surface area contributed by atoms with Crippen LogP contribution in [0.2, 0.25) is 0 Å². The standard InChI is InChI=1S/C21H18N2O5S/c1-14(24)23(16-7-3-2-4-8-16)21-22-15(13-29-21)11-27-20(25)19-12-26-17-9-5-6-10-18(17)28-19/h2-10,13,19H,11-12H2,1H3/t19-/m1/s1. The minimum absolute atomic E-state index is 0.0165. The number of carbonyl (C=O) groups is 2. The SMILES string of the molecule is CC(=O)N(c1ccccc1)c1nc(COC(=O)[C@H]2COc3ccccc3O2)cs1. The van der Waals surface area contributed by atoms with E-state index in [1.54, 1.807) is 23.6 Å². The van der Waals surface area contributed by atoms with Crippen molar-refractivity contribution in [3.63, 3.8) is 0 Å². The van der Waals surface area contributed by atoms with E-state index in [0.29, 0.717) is 22.3 Å². The smallest absolute Gasteiger partial charge is 0.351 e. The van der Waals surface area contributed by atoms with Crippen LogP contribution in [0.1, 0.15) is 12.6 Å². The molecule has 0 aliphatic carbocycles. The van der Waals surface area contributed by atoms with Gasteiger partial charge in [-0.1, -0.05) is 30.3 Å². The molecule has 4 rings (SSSR count). The molecule has 2 heterocycles. The highest BCUT2D eigenvalue weighted by Crippen LogP contribution is 2.31. The van der Waals surface area contributed by atoms with Crippen molar-refractivity contribution in [2.24, 2.45) is 0 Å². The van der Waals surface area contributed by atoms with Gasteiger partial charge in [0.2, 0.25) is 12.0 Å². The van der Waals surface area contributed by atoms with Crippen molar-refractivity contribution in [2.45, 2.75) is 19.6 Å². The highest BCUT2D eigenvalue weighted by Gasteiger charge is 2.29. The second-order valence-corrected chi connectivity index (χ2v) is 7.12. The molecule has 29 heavy (non-hydrogen) atoms. The summed E-state index contributed by atoms with van der Waals surface area (Å²) >= 11 is 1.31. The van der Waals surface area contributed by atoms with Gasteiger partial charge in [0.15, 0.2) is 16.6 Å². The van der Waals surface area contributed by atoms with Gasteiger partial charge in [-0.25, -0.2) is 9.78 Å². The molecule has 1 amide bonds. The highest BCUT2D eigenvalue weighted by atomic mass is 32.1. The van der Waals surface area contributed by atoms with Crippen molar-refractivity contribution in [3.8, 4) is 11.5 Å². The van der Waals surface area contributed by atoms with Gasteiger partial charge in [0.25, 0.3) is 0 Å². The number of ether oxygens (including phenoxy) is 3. The van der Waals surface area contributed by atoms with Crippen molar-refractivity contribution in [2.75, 3.05) is 11.5 Å². The molecular weight excluding hydrogens is 392 g/mol. The second-order valence-electron chi connectivity index (χ2n) is 6.28. The van der Waals surface area contributed by atoms with Crippen LogP contribution in [-0.4, -0.2) is 29.6 Å². The van der Waals surface area contributed by atoms with Crippen LogP contribution in [0, 0.1) is 0 Å². The first-order chi connectivity index (χ1) is 14.1. The molecule has 1 aliphatic rings. The van der Waals surface area contributed by atoms with E-state index < -0.39 is 12.1 Å². The molecule has 0 N–H and O–H groups in total. The summed E-state index contributed by atoms with van der Waals surface area (Å²) < 4.78 is 16.5. The summed E-state index contributed by atoms with van der Waals surface area (Å²) in [5, 5.41) is 2.27. The quantitative estimate of drug-likeness (QED) is 0.597. The van der Waals surface area contributed by atoms with E-state index in [-0.39, 0.29) is 19.1 Å². The number of aromatic nitrogens is 1. The van der Waals surface area contributed by atoms with Gasteiger partial charge in [0.05, 0.1) is 11.4 Å². The zero-order chi connectivity index (χ0) is 20.2. The number of hydrogen-bond donors (Lipinski definition) is 0. The van der Waals surface area contributed by atoms with E-state index in [2.05, 4.69) is 4.98 Å². The zero-order valence-electron chi connectivity index (χ0n) is 15.6. The van der Waals surface area contributed by atoms with Gasteiger partial charge in [0, 0.05) is 12.3 Å². The van der Waals surface area contributed by atoms with Gasteiger partial charge in [0.1, 0.15) is 13.2 Å². The fraction of sp³-hybridized carbons (Fsp3) is 0.190. The number of benzene rings is 2. The van der Waals surface area contributed by atoms with Crippen LogP contribution < -0.4 is 14.4 Å². The van der Waals surface area contributed by atoms with E-state index in [1.807, 2.05) is 36.4 Å². The number of fused-ring (bicyclic) bond motifs is 1. The first-order valence-corrected chi connectivity index (χ1v) is 9.85. The first kappa shape index (κ1) is 18.9. The van der Waals surface area contributed by atoms with Crippen molar-refractivity contribution >= 4 is 34.0 Å². The summed E-state index contributed by atoms with van der Waals surface area (Å²) in [6.07, 6.45) is -0.832. The summed E-state index contributed by atoms with van der Waals surface area (Å²) in [6, 6.07) is 16.4. The predicted octanol–water partition coefficient (Wildman–Crippen LogP) is 3.71. The lowest BCUT2D eigenvalue weighted by Gasteiger charge is -2.24. The number of esters is 1. The number of para-hydroxylation sites is 3. The molecule has 148 valence electrons. The lowest BCUT2D eigenvalue weighted by atomic mass is 10.2. The minimum atomic E-state index is -0.832. The number of hydrogen-bond acceptors (Lipinski definition) is 7. The maximum absolute atomic E-state index is 12.3. The van der Waals surface area contributed by atoms with Crippen molar-refractivity contribution in [1.29, 1.82) is 0 Å². The molecule has 2 aromatic carbocycles. The van der Waals surface area contributed by atoms with Crippen LogP contribution in [0.15, 0.2) is 60.0 Å². The van der Waals surface area contributed by atoms with Crippen LogP contribution in [0.3, 0.4) is 0 Å². The average Bonchev–Trinajstić information content (AvgIpc) is 3.20. The molecule has 1 aliphatic heterocycles. The molecule has 8 heteroatoms. The molecular formula is C21H18N2O5S. The average molecular weight is 410 g/mol. The highest BCUT2D eigenvalue weighted by molar-refractivity contribution is 7.14. The van der Waals surface area contributed by atoms with Crippen molar-refractivity contribution < 1.29 is 23.8 Å². The summed E-state index contributed by atoms with van der Waals surface area (Å²) in [5.74, 6) is 0.434. The third kappa shape index (κ3) is 4.22. The second kappa shape index (κ2) is 8.32. The van der Waals surface area contributed by atoms with Gasteiger partial charge in [-0.15, -0.1) is 11.3 Å². The summed E-state index contributed by atoms with van der Waals surface area (Å²) in [4.78, 5) is 30.4. The topological polar surface area (TPSA) is 78.0 Å². The normalized spacial score (nSPS) is 14.9. The maximum Gasteiger partial charge on any atom is 0.351 e. The molecule has 0 saturated carbocycles. The van der Waals surface area contributed by atoms with Gasteiger partial charge >= 0.3 is 5.97 Å². The number of thiazole rings is 1. The Kier molecular flexibility index (Phi) is 5.44. The molecule has 0 radical (unpaired) electrons. The number of rotatable bonds is 5. The first-order valence-electron chi connectivity index (χ1n) is 8.97. The largest absolute Gasteiger partial charge is 0.485 e. The number of carbonyl (C=O) groups excluding carboxylic acids is 2. The number of nitrogens with zero attached hydrogens (tertiary/aromatic N) is 2. The molecule has 0 saturated heterocycles. The van der Waals surface area contributed by atoms with Crippen LogP contribution in [0.5, 0.6) is 11.5 Å². The molecule has 0 unspecified atom stereocenters. The molecule has 1 atom stereocenters. The number of anilines is 2. The van der Waals surface area contributed by atoms with Crippen LogP contribution in [0.4, 0.5) is 10.8 Å². The molecule has 0 spiro atoms. The maximum atomic E-state index is 12.3. The molecule has 0 fully saturated rings. The van der Waals surface area contributed by atoms with Gasteiger partial charge in [-0.2, -0.15) is 0 Å². The van der Waals surface area contributed by atoms with E-state index in [0.717, 1.165) is 5.69 Å². The Hall–Kier alpha value is -3.39.